The third kappa shape index (κ3) is 3.98. The Morgan fingerprint density at radius 2 is 1.92 bits per heavy atom. The van der Waals surface area contributed by atoms with Gasteiger partial charge in [0, 0.05) is 18.7 Å². The highest BCUT2D eigenvalue weighted by atomic mass is 32.2. The molecule has 1 saturated carbocycles. The number of rotatable bonds is 5. The lowest BCUT2D eigenvalue weighted by Gasteiger charge is -2.32. The number of hydrogen-bond donors (Lipinski definition) is 0. The zero-order valence-electron chi connectivity index (χ0n) is 14.1. The number of carbonyl (C=O) groups is 1. The van der Waals surface area contributed by atoms with Crippen LogP contribution in [0.5, 0.6) is 0 Å². The van der Waals surface area contributed by atoms with Gasteiger partial charge < -0.3 is 9.32 Å². The van der Waals surface area contributed by atoms with Crippen molar-refractivity contribution >= 4 is 17.7 Å². The Hall–Kier alpha value is -1.82. The van der Waals surface area contributed by atoms with Gasteiger partial charge >= 0.3 is 0 Å². The van der Waals surface area contributed by atoms with Crippen molar-refractivity contribution in [2.24, 2.45) is 0 Å². The molecule has 1 aliphatic carbocycles. The molecular weight excluding hydrogens is 322 g/mol. The van der Waals surface area contributed by atoms with Crippen molar-refractivity contribution in [1.29, 1.82) is 0 Å². The number of nitrogens with zero attached hydrogens (tertiary/aromatic N) is 3. The first-order chi connectivity index (χ1) is 11.6. The highest BCUT2D eigenvalue weighted by Gasteiger charge is 2.27. The van der Waals surface area contributed by atoms with Crippen molar-refractivity contribution in [1.82, 2.24) is 15.1 Å². The fraction of sp³-hybridized carbons (Fsp3) is 0.500. The van der Waals surface area contributed by atoms with E-state index in [4.69, 9.17) is 4.42 Å². The van der Waals surface area contributed by atoms with Crippen LogP contribution in [-0.4, -0.2) is 39.3 Å². The molecule has 0 spiro atoms. The maximum atomic E-state index is 12.6. The Balaban J connectivity index is 1.61. The summed E-state index contributed by atoms with van der Waals surface area (Å²) in [6.45, 7) is 1.90. The average molecular weight is 345 g/mol. The second-order valence-electron chi connectivity index (χ2n) is 6.24. The van der Waals surface area contributed by atoms with Crippen LogP contribution in [0, 0.1) is 0 Å². The first kappa shape index (κ1) is 17.0. The van der Waals surface area contributed by atoms with Gasteiger partial charge in [0.05, 0.1) is 5.25 Å². The van der Waals surface area contributed by atoms with Gasteiger partial charge in [0.15, 0.2) is 0 Å². The number of amides is 1. The van der Waals surface area contributed by atoms with E-state index < -0.39 is 0 Å². The molecule has 1 heterocycles. The van der Waals surface area contributed by atoms with Crippen LogP contribution in [-0.2, 0) is 4.79 Å². The Labute approximate surface area is 146 Å². The molecule has 0 aliphatic heterocycles. The lowest BCUT2D eigenvalue weighted by atomic mass is 9.94. The minimum atomic E-state index is -0.235. The van der Waals surface area contributed by atoms with E-state index in [0.717, 1.165) is 18.4 Å². The fourth-order valence-corrected chi connectivity index (χ4v) is 3.88. The molecule has 2 aromatic rings. The van der Waals surface area contributed by atoms with Gasteiger partial charge in [-0.3, -0.25) is 4.79 Å². The van der Waals surface area contributed by atoms with Gasteiger partial charge in [0.1, 0.15) is 0 Å². The lowest BCUT2D eigenvalue weighted by molar-refractivity contribution is -0.131. The van der Waals surface area contributed by atoms with Crippen LogP contribution in [0.3, 0.4) is 0 Å². The highest BCUT2D eigenvalue weighted by Crippen LogP contribution is 2.28. The minimum absolute atomic E-state index is 0.131. The van der Waals surface area contributed by atoms with Crippen LogP contribution in [0.4, 0.5) is 0 Å². The van der Waals surface area contributed by atoms with Crippen molar-refractivity contribution in [3.63, 3.8) is 0 Å². The topological polar surface area (TPSA) is 59.2 Å². The summed E-state index contributed by atoms with van der Waals surface area (Å²) in [6.07, 6.45) is 5.94. The molecule has 1 fully saturated rings. The number of thioether (sulfide) groups is 1. The zero-order chi connectivity index (χ0) is 16.9. The third-order valence-corrected chi connectivity index (χ3v) is 5.44. The molecule has 0 saturated heterocycles. The smallest absolute Gasteiger partial charge is 0.277 e. The summed E-state index contributed by atoms with van der Waals surface area (Å²) in [5, 5.41) is 8.34. The molecule has 6 heteroatoms. The summed E-state index contributed by atoms with van der Waals surface area (Å²) in [4.78, 5) is 14.5. The SMILES string of the molecule is CC(Sc1nnc(-c2ccccc2)o1)C(=O)N(C)C1CCCCC1. The molecule has 3 rings (SSSR count). The third-order valence-electron chi connectivity index (χ3n) is 4.52. The highest BCUT2D eigenvalue weighted by molar-refractivity contribution is 8.00. The van der Waals surface area contributed by atoms with Gasteiger partial charge in [-0.05, 0) is 31.9 Å². The van der Waals surface area contributed by atoms with E-state index in [0.29, 0.717) is 17.2 Å². The van der Waals surface area contributed by atoms with Gasteiger partial charge in [0.25, 0.3) is 5.22 Å². The van der Waals surface area contributed by atoms with E-state index in [1.165, 1.54) is 31.0 Å². The molecule has 0 radical (unpaired) electrons. The van der Waals surface area contributed by atoms with Gasteiger partial charge in [-0.2, -0.15) is 0 Å². The molecule has 5 nitrogen and oxygen atoms in total. The molecule has 0 bridgehead atoms. The van der Waals surface area contributed by atoms with E-state index >= 15 is 0 Å². The van der Waals surface area contributed by atoms with E-state index in [-0.39, 0.29) is 11.2 Å². The lowest BCUT2D eigenvalue weighted by Crippen LogP contribution is -2.42. The van der Waals surface area contributed by atoms with E-state index in [9.17, 15) is 4.79 Å². The molecule has 1 unspecified atom stereocenters. The second kappa shape index (κ2) is 7.83. The number of hydrogen-bond acceptors (Lipinski definition) is 5. The Bertz CT molecular complexity index is 668. The molecule has 1 aromatic heterocycles. The summed E-state index contributed by atoms with van der Waals surface area (Å²) in [5.74, 6) is 0.616. The van der Waals surface area contributed by atoms with Crippen LogP contribution >= 0.6 is 11.8 Å². The molecule has 1 aliphatic rings. The molecule has 24 heavy (non-hydrogen) atoms. The maximum Gasteiger partial charge on any atom is 0.277 e. The quantitative estimate of drug-likeness (QED) is 0.766. The minimum Gasteiger partial charge on any atom is -0.411 e. The van der Waals surface area contributed by atoms with Crippen LogP contribution < -0.4 is 0 Å². The van der Waals surface area contributed by atoms with E-state index in [1.807, 2.05) is 49.2 Å². The molecule has 0 N–H and O–H groups in total. The van der Waals surface area contributed by atoms with Crippen molar-refractivity contribution < 1.29 is 9.21 Å². The summed E-state index contributed by atoms with van der Waals surface area (Å²) in [5.41, 5.74) is 0.884. The van der Waals surface area contributed by atoms with Gasteiger partial charge in [-0.1, -0.05) is 49.2 Å². The summed E-state index contributed by atoms with van der Waals surface area (Å²) in [6, 6.07) is 10.0. The standard InChI is InChI=1S/C18H23N3O2S/c1-13(17(22)21(2)15-11-7-4-8-12-15)24-18-20-19-16(23-18)14-9-5-3-6-10-14/h3,5-6,9-10,13,15H,4,7-8,11-12H2,1-2H3. The molecular formula is C18H23N3O2S. The van der Waals surface area contributed by atoms with Crippen LogP contribution in [0.15, 0.2) is 40.0 Å². The largest absolute Gasteiger partial charge is 0.411 e. The average Bonchev–Trinajstić information content (AvgIpc) is 3.10. The maximum absolute atomic E-state index is 12.6. The van der Waals surface area contributed by atoms with Crippen molar-refractivity contribution in [3.8, 4) is 11.5 Å². The summed E-state index contributed by atoms with van der Waals surface area (Å²) < 4.78 is 5.69. The van der Waals surface area contributed by atoms with Gasteiger partial charge in [-0.25, -0.2) is 0 Å². The second-order valence-corrected chi connectivity index (χ2v) is 7.53. The monoisotopic (exact) mass is 345 g/mol. The van der Waals surface area contributed by atoms with E-state index in [1.54, 1.807) is 0 Å². The fourth-order valence-electron chi connectivity index (χ4n) is 3.09. The molecule has 1 aromatic carbocycles. The van der Waals surface area contributed by atoms with Crippen molar-refractivity contribution in [2.75, 3.05) is 7.05 Å². The summed E-state index contributed by atoms with van der Waals surface area (Å²) in [7, 11) is 1.92. The number of aromatic nitrogens is 2. The van der Waals surface area contributed by atoms with Gasteiger partial charge in [-0.15, -0.1) is 10.2 Å². The number of benzene rings is 1. The number of carbonyl (C=O) groups excluding carboxylic acids is 1. The van der Waals surface area contributed by atoms with Crippen molar-refractivity contribution in [3.05, 3.63) is 30.3 Å². The first-order valence-electron chi connectivity index (χ1n) is 8.47. The van der Waals surface area contributed by atoms with Crippen LogP contribution in [0.2, 0.25) is 0 Å². The predicted octanol–water partition coefficient (Wildman–Crippen LogP) is 4.01. The zero-order valence-corrected chi connectivity index (χ0v) is 15.0. The molecule has 128 valence electrons. The van der Waals surface area contributed by atoms with Crippen LogP contribution in [0.1, 0.15) is 39.0 Å². The Morgan fingerprint density at radius 1 is 1.21 bits per heavy atom. The molecule has 1 atom stereocenters. The van der Waals surface area contributed by atoms with Crippen LogP contribution in [0.25, 0.3) is 11.5 Å². The predicted molar refractivity (Wildman–Crippen MR) is 94.7 cm³/mol. The normalized spacial score (nSPS) is 16.8. The summed E-state index contributed by atoms with van der Waals surface area (Å²) >= 11 is 1.33. The van der Waals surface area contributed by atoms with Crippen molar-refractivity contribution in [2.45, 2.75) is 55.5 Å². The Morgan fingerprint density at radius 3 is 2.62 bits per heavy atom. The first-order valence-corrected chi connectivity index (χ1v) is 9.35. The van der Waals surface area contributed by atoms with Gasteiger partial charge in [0.2, 0.25) is 11.8 Å². The molecule has 1 amide bonds. The Kier molecular flexibility index (Phi) is 5.56. The van der Waals surface area contributed by atoms with E-state index in [2.05, 4.69) is 10.2 Å².